The maximum Gasteiger partial charge on any atom is 0.203 e. The second-order valence-electron chi connectivity index (χ2n) is 5.84. The van der Waals surface area contributed by atoms with Gasteiger partial charge in [0.15, 0.2) is 11.5 Å². The molecule has 0 bridgehead atoms. The van der Waals surface area contributed by atoms with E-state index < -0.39 is 0 Å². The van der Waals surface area contributed by atoms with Crippen LogP contribution in [0.15, 0.2) is 48.5 Å². The molecule has 0 radical (unpaired) electrons. The van der Waals surface area contributed by atoms with Gasteiger partial charge in [0.25, 0.3) is 0 Å². The van der Waals surface area contributed by atoms with Gasteiger partial charge in [-0.1, -0.05) is 24.3 Å². The fourth-order valence-electron chi connectivity index (χ4n) is 2.90. The summed E-state index contributed by atoms with van der Waals surface area (Å²) in [5.74, 6) is 1.67. The third-order valence-corrected chi connectivity index (χ3v) is 5.32. The molecule has 142 valence electrons. The Balaban J connectivity index is 1.68. The van der Waals surface area contributed by atoms with Crippen LogP contribution in [0.25, 0.3) is 10.4 Å². The predicted molar refractivity (Wildman–Crippen MR) is 106 cm³/mol. The molecule has 6 heteroatoms. The second-order valence-corrected chi connectivity index (χ2v) is 7.01. The highest BCUT2D eigenvalue weighted by molar-refractivity contribution is 7.15. The molecule has 1 aromatic heterocycles. The van der Waals surface area contributed by atoms with Gasteiger partial charge < -0.3 is 19.5 Å². The predicted octanol–water partition coefficient (Wildman–Crippen LogP) is 4.87. The van der Waals surface area contributed by atoms with Crippen molar-refractivity contribution in [3.63, 3.8) is 0 Å². The number of rotatable bonds is 8. The van der Waals surface area contributed by atoms with E-state index in [2.05, 4.69) is 5.32 Å². The number of thiophene rings is 1. The number of benzene rings is 2. The van der Waals surface area contributed by atoms with E-state index in [1.54, 1.807) is 44.8 Å². The smallest absolute Gasteiger partial charge is 0.203 e. The van der Waals surface area contributed by atoms with E-state index in [-0.39, 0.29) is 5.82 Å². The number of methoxy groups -OCH3 is 3. The molecule has 0 unspecified atom stereocenters. The Labute approximate surface area is 162 Å². The maximum atomic E-state index is 13.9. The Kier molecular flexibility index (Phi) is 6.32. The zero-order valence-corrected chi connectivity index (χ0v) is 16.4. The minimum atomic E-state index is -0.200. The van der Waals surface area contributed by atoms with Crippen molar-refractivity contribution < 1.29 is 18.6 Å². The number of ether oxygens (including phenoxy) is 3. The first kappa shape index (κ1) is 19.2. The maximum absolute atomic E-state index is 13.9. The van der Waals surface area contributed by atoms with Crippen LogP contribution >= 0.6 is 11.3 Å². The zero-order valence-electron chi connectivity index (χ0n) is 15.5. The van der Waals surface area contributed by atoms with Crippen LogP contribution in [0.3, 0.4) is 0 Å². The molecule has 0 aliphatic carbocycles. The van der Waals surface area contributed by atoms with Gasteiger partial charge in [-0.15, -0.1) is 11.3 Å². The quantitative estimate of drug-likeness (QED) is 0.599. The van der Waals surface area contributed by atoms with Crippen molar-refractivity contribution in [3.05, 3.63) is 64.8 Å². The molecule has 0 saturated heterocycles. The Morgan fingerprint density at radius 3 is 2.33 bits per heavy atom. The topological polar surface area (TPSA) is 39.7 Å². The minimum absolute atomic E-state index is 0.200. The molecule has 2 aromatic carbocycles. The third-order valence-electron chi connectivity index (χ3n) is 4.20. The van der Waals surface area contributed by atoms with Gasteiger partial charge in [-0.25, -0.2) is 4.39 Å². The van der Waals surface area contributed by atoms with Gasteiger partial charge in [0, 0.05) is 34.0 Å². The molecule has 1 N–H and O–H groups in total. The molecule has 0 aliphatic rings. The molecule has 0 atom stereocenters. The Morgan fingerprint density at radius 1 is 0.852 bits per heavy atom. The van der Waals surface area contributed by atoms with E-state index in [9.17, 15) is 4.39 Å². The van der Waals surface area contributed by atoms with E-state index in [0.29, 0.717) is 35.9 Å². The number of hydrogen-bond donors (Lipinski definition) is 1. The summed E-state index contributed by atoms with van der Waals surface area (Å²) in [5, 5.41) is 3.40. The minimum Gasteiger partial charge on any atom is -0.493 e. The van der Waals surface area contributed by atoms with Crippen LogP contribution in [0.1, 0.15) is 10.4 Å². The van der Waals surface area contributed by atoms with E-state index in [0.717, 1.165) is 15.3 Å². The van der Waals surface area contributed by atoms with E-state index >= 15 is 0 Å². The molecule has 3 aromatic rings. The number of hydrogen-bond acceptors (Lipinski definition) is 5. The van der Waals surface area contributed by atoms with Crippen LogP contribution in [0.5, 0.6) is 17.2 Å². The van der Waals surface area contributed by atoms with Crippen LogP contribution in [0.2, 0.25) is 0 Å². The fraction of sp³-hybridized carbons (Fsp3) is 0.238. The lowest BCUT2D eigenvalue weighted by Gasteiger charge is -2.16. The molecular weight excluding hydrogens is 365 g/mol. The highest BCUT2D eigenvalue weighted by atomic mass is 32.1. The summed E-state index contributed by atoms with van der Waals surface area (Å²) in [7, 11) is 4.80. The van der Waals surface area contributed by atoms with Crippen molar-refractivity contribution in [2.24, 2.45) is 0 Å². The molecule has 4 nitrogen and oxygen atoms in total. The summed E-state index contributed by atoms with van der Waals surface area (Å²) in [6, 6.07) is 14.6. The molecule has 0 spiro atoms. The highest BCUT2D eigenvalue weighted by Crippen LogP contribution is 2.39. The lowest BCUT2D eigenvalue weighted by Crippen LogP contribution is -2.13. The summed E-state index contributed by atoms with van der Waals surface area (Å²) in [4.78, 5) is 2.06. The molecule has 1 heterocycles. The van der Waals surface area contributed by atoms with Crippen LogP contribution in [-0.4, -0.2) is 21.3 Å². The summed E-state index contributed by atoms with van der Waals surface area (Å²) < 4.78 is 30.2. The normalized spacial score (nSPS) is 10.7. The summed E-state index contributed by atoms with van der Waals surface area (Å²) in [6.45, 7) is 1.28. The Hall–Kier alpha value is -2.57. The first-order chi connectivity index (χ1) is 13.2. The summed E-state index contributed by atoms with van der Waals surface area (Å²) in [6.07, 6.45) is 0. The molecule has 0 amide bonds. The summed E-state index contributed by atoms with van der Waals surface area (Å²) >= 11 is 1.58. The lowest BCUT2D eigenvalue weighted by molar-refractivity contribution is 0.321. The van der Waals surface area contributed by atoms with Crippen molar-refractivity contribution >= 4 is 11.3 Å². The van der Waals surface area contributed by atoms with Gasteiger partial charge in [-0.3, -0.25) is 0 Å². The summed E-state index contributed by atoms with van der Waals surface area (Å²) in [5.41, 5.74) is 1.61. The Morgan fingerprint density at radius 2 is 1.63 bits per heavy atom. The van der Waals surface area contributed by atoms with Gasteiger partial charge in [0.05, 0.1) is 21.3 Å². The van der Waals surface area contributed by atoms with Gasteiger partial charge in [-0.05, 0) is 24.3 Å². The van der Waals surface area contributed by atoms with Crippen LogP contribution in [0.4, 0.5) is 4.39 Å². The van der Waals surface area contributed by atoms with Crippen molar-refractivity contribution in [1.82, 2.24) is 5.32 Å². The average Bonchev–Trinajstić information content (AvgIpc) is 3.16. The monoisotopic (exact) mass is 387 g/mol. The van der Waals surface area contributed by atoms with Crippen LogP contribution in [-0.2, 0) is 13.1 Å². The third kappa shape index (κ3) is 4.23. The van der Waals surface area contributed by atoms with Crippen LogP contribution in [0, 0.1) is 5.82 Å². The standard InChI is InChI=1S/C21H22FNO3S/c1-24-18-10-8-14(20(25-2)21(18)26-3)12-23-13-15-9-11-19(27-15)16-6-4-5-7-17(16)22/h4-11,23H,12-13H2,1-3H3. The van der Waals surface area contributed by atoms with Crippen molar-refractivity contribution in [1.29, 1.82) is 0 Å². The molecular formula is C21H22FNO3S. The highest BCUT2D eigenvalue weighted by Gasteiger charge is 2.15. The van der Waals surface area contributed by atoms with E-state index in [1.165, 1.54) is 6.07 Å². The van der Waals surface area contributed by atoms with Gasteiger partial charge in [0.2, 0.25) is 5.75 Å². The van der Waals surface area contributed by atoms with E-state index in [1.807, 2.05) is 30.3 Å². The van der Waals surface area contributed by atoms with Crippen molar-refractivity contribution in [3.8, 4) is 27.7 Å². The fourth-order valence-corrected chi connectivity index (χ4v) is 3.91. The van der Waals surface area contributed by atoms with Gasteiger partial charge in [0.1, 0.15) is 5.82 Å². The molecule has 0 saturated carbocycles. The molecule has 0 aliphatic heterocycles. The van der Waals surface area contributed by atoms with Crippen molar-refractivity contribution in [2.75, 3.05) is 21.3 Å². The average molecular weight is 387 g/mol. The van der Waals surface area contributed by atoms with Gasteiger partial charge >= 0.3 is 0 Å². The SMILES string of the molecule is COc1ccc(CNCc2ccc(-c3ccccc3F)s2)c(OC)c1OC. The largest absolute Gasteiger partial charge is 0.493 e. The molecule has 3 rings (SSSR count). The van der Waals surface area contributed by atoms with E-state index in [4.69, 9.17) is 14.2 Å². The number of nitrogens with one attached hydrogen (secondary N) is 1. The Bertz CT molecular complexity index is 910. The molecule has 27 heavy (non-hydrogen) atoms. The number of halogens is 1. The first-order valence-electron chi connectivity index (χ1n) is 8.50. The second kappa shape index (κ2) is 8.88. The first-order valence-corrected chi connectivity index (χ1v) is 9.31. The van der Waals surface area contributed by atoms with Crippen LogP contribution < -0.4 is 19.5 Å². The zero-order chi connectivity index (χ0) is 19.2. The lowest BCUT2D eigenvalue weighted by atomic mass is 10.1. The van der Waals surface area contributed by atoms with Gasteiger partial charge in [-0.2, -0.15) is 0 Å². The molecule has 0 fully saturated rings. The van der Waals surface area contributed by atoms with Crippen molar-refractivity contribution in [2.45, 2.75) is 13.1 Å².